The third-order valence-corrected chi connectivity index (χ3v) is 9.19. The molecule has 2 aliphatic heterocycles. The van der Waals surface area contributed by atoms with Crippen LogP contribution in [0.1, 0.15) is 86.0 Å². The molecule has 5 rings (SSSR count). The molecule has 0 aromatic heterocycles. The van der Waals surface area contributed by atoms with Crippen molar-refractivity contribution >= 4 is 11.9 Å². The zero-order valence-electron chi connectivity index (χ0n) is 27.3. The number of unbranched alkanes of at least 4 members (excludes halogenated alkanes) is 2. The van der Waals surface area contributed by atoms with Crippen LogP contribution in [0.3, 0.4) is 0 Å². The number of aliphatic carboxylic acids is 1. The minimum Gasteiger partial charge on any atom is -0.481 e. The van der Waals surface area contributed by atoms with Gasteiger partial charge in [-0.15, -0.1) is 0 Å². The third kappa shape index (κ3) is 9.95. The van der Waals surface area contributed by atoms with Gasteiger partial charge in [0, 0.05) is 51.1 Å². The molecule has 2 saturated heterocycles. The van der Waals surface area contributed by atoms with E-state index in [4.69, 9.17) is 19.3 Å². The van der Waals surface area contributed by atoms with Crippen LogP contribution in [0, 0.1) is 0 Å². The fourth-order valence-corrected chi connectivity index (χ4v) is 6.61. The van der Waals surface area contributed by atoms with Crippen LogP contribution in [0.5, 0.6) is 0 Å². The average Bonchev–Trinajstić information content (AvgIpc) is 3.53. The van der Waals surface area contributed by atoms with Crippen molar-refractivity contribution in [2.75, 3.05) is 26.8 Å². The fourth-order valence-electron chi connectivity index (χ4n) is 6.61. The van der Waals surface area contributed by atoms with Gasteiger partial charge in [-0.05, 0) is 60.0 Å². The Kier molecular flexibility index (Phi) is 12.9. The number of carboxylic acids is 1. The van der Waals surface area contributed by atoms with E-state index in [1.54, 1.807) is 7.11 Å². The molecular formula is C38H48N2O7. The molecular weight excluding hydrogens is 596 g/mol. The maximum atomic E-state index is 12.5. The van der Waals surface area contributed by atoms with E-state index < -0.39 is 12.3 Å². The predicted octanol–water partition coefficient (Wildman–Crippen LogP) is 6.15. The number of carbonyl (C=O) groups excluding carboxylic acids is 1. The minimum atomic E-state index is -0.801. The SMILES string of the molecule is COC[C@@H]1CCCN1C[C@@H]1C[C@H](c2ccc(CO)cc2)O[C@H](c2ccc(-c3ccccc3CNC(=O)CCCCCC(=O)O)cc2)O1. The van der Waals surface area contributed by atoms with Crippen LogP contribution >= 0.6 is 0 Å². The number of hydrogen-bond donors (Lipinski definition) is 3. The summed E-state index contributed by atoms with van der Waals surface area (Å²) in [6, 6.07) is 24.7. The standard InChI is InChI=1S/C38H48N2O7/c1-45-26-32-9-7-21-40(32)24-33-22-35(29-15-13-27(25-41)14-16-29)47-38(46-33)30-19-17-28(18-20-30)34-10-6-5-8-31(34)23-39-36(42)11-3-2-4-12-37(43)44/h5-6,8,10,13-20,32-33,35,38,41H,2-4,7,9,11-12,21-26H2,1H3,(H,39,42)(H,43,44)/t32-,33-,35+,38+/m0/s1. The Hall–Kier alpha value is -3.60. The van der Waals surface area contributed by atoms with Crippen molar-refractivity contribution in [3.8, 4) is 11.1 Å². The Morgan fingerprint density at radius 3 is 2.43 bits per heavy atom. The number of amides is 1. The highest BCUT2D eigenvalue weighted by Crippen LogP contribution is 2.39. The van der Waals surface area contributed by atoms with E-state index >= 15 is 0 Å². The fraction of sp³-hybridized carbons (Fsp3) is 0.474. The third-order valence-electron chi connectivity index (χ3n) is 9.19. The van der Waals surface area contributed by atoms with Gasteiger partial charge in [0.1, 0.15) is 0 Å². The Morgan fingerprint density at radius 1 is 0.936 bits per heavy atom. The lowest BCUT2D eigenvalue weighted by atomic mass is 9.97. The van der Waals surface area contributed by atoms with Gasteiger partial charge in [-0.25, -0.2) is 0 Å². The molecule has 47 heavy (non-hydrogen) atoms. The van der Waals surface area contributed by atoms with Gasteiger partial charge in [-0.3, -0.25) is 14.5 Å². The van der Waals surface area contributed by atoms with Crippen molar-refractivity contribution in [1.29, 1.82) is 0 Å². The average molecular weight is 645 g/mol. The summed E-state index contributed by atoms with van der Waals surface area (Å²) in [6.07, 6.45) is 4.86. The summed E-state index contributed by atoms with van der Waals surface area (Å²) in [5, 5.41) is 21.3. The van der Waals surface area contributed by atoms with E-state index in [1.807, 2.05) is 42.5 Å². The molecule has 3 aromatic rings. The largest absolute Gasteiger partial charge is 0.481 e. The number of aliphatic hydroxyl groups excluding tert-OH is 1. The zero-order valence-corrected chi connectivity index (χ0v) is 27.3. The first-order valence-electron chi connectivity index (χ1n) is 16.8. The second kappa shape index (κ2) is 17.5. The molecule has 0 spiro atoms. The van der Waals surface area contributed by atoms with Crippen molar-refractivity contribution < 1.29 is 34.0 Å². The van der Waals surface area contributed by atoms with Crippen LogP contribution < -0.4 is 5.32 Å². The van der Waals surface area contributed by atoms with E-state index in [1.165, 1.54) is 0 Å². The Balaban J connectivity index is 1.26. The lowest BCUT2D eigenvalue weighted by molar-refractivity contribution is -0.253. The van der Waals surface area contributed by atoms with Crippen LogP contribution in [-0.2, 0) is 37.0 Å². The number of hydrogen-bond acceptors (Lipinski definition) is 7. The summed E-state index contributed by atoms with van der Waals surface area (Å²) in [5.74, 6) is -0.833. The summed E-state index contributed by atoms with van der Waals surface area (Å²) in [4.78, 5) is 25.6. The molecule has 0 aliphatic carbocycles. The predicted molar refractivity (Wildman–Crippen MR) is 179 cm³/mol. The summed E-state index contributed by atoms with van der Waals surface area (Å²) >= 11 is 0. The number of methoxy groups -OCH3 is 1. The van der Waals surface area contributed by atoms with Crippen molar-refractivity contribution in [3.63, 3.8) is 0 Å². The summed E-state index contributed by atoms with van der Waals surface area (Å²) in [7, 11) is 1.76. The van der Waals surface area contributed by atoms with E-state index in [9.17, 15) is 14.7 Å². The highest BCUT2D eigenvalue weighted by atomic mass is 16.7. The number of benzene rings is 3. The van der Waals surface area contributed by atoms with E-state index in [2.05, 4.69) is 40.5 Å². The summed E-state index contributed by atoms with van der Waals surface area (Å²) < 4.78 is 18.7. The second-order valence-electron chi connectivity index (χ2n) is 12.6. The van der Waals surface area contributed by atoms with Gasteiger partial charge in [0.25, 0.3) is 0 Å². The second-order valence-corrected chi connectivity index (χ2v) is 12.6. The highest BCUT2D eigenvalue weighted by molar-refractivity contribution is 5.76. The first-order chi connectivity index (χ1) is 22.9. The van der Waals surface area contributed by atoms with Gasteiger partial charge >= 0.3 is 5.97 Å². The lowest BCUT2D eigenvalue weighted by Gasteiger charge is -2.38. The number of rotatable bonds is 16. The Labute approximate surface area is 277 Å². The van der Waals surface area contributed by atoms with Crippen molar-refractivity contribution in [1.82, 2.24) is 10.2 Å². The van der Waals surface area contributed by atoms with Crippen molar-refractivity contribution in [2.24, 2.45) is 0 Å². The number of carboxylic acid groups (broad SMARTS) is 1. The molecule has 1 amide bonds. The van der Waals surface area contributed by atoms with Gasteiger partial charge in [0.05, 0.1) is 25.4 Å². The van der Waals surface area contributed by atoms with Gasteiger partial charge in [0.15, 0.2) is 6.29 Å². The molecule has 2 heterocycles. The number of nitrogens with one attached hydrogen (secondary N) is 1. The molecule has 252 valence electrons. The minimum absolute atomic E-state index is 0.00798. The van der Waals surface area contributed by atoms with E-state index in [0.29, 0.717) is 31.8 Å². The lowest BCUT2D eigenvalue weighted by Crippen LogP contribution is -2.42. The number of likely N-dealkylation sites (tertiary alicyclic amines) is 1. The molecule has 2 fully saturated rings. The molecule has 0 radical (unpaired) electrons. The molecule has 9 heteroatoms. The van der Waals surface area contributed by atoms with Gasteiger partial charge in [0.2, 0.25) is 5.91 Å². The maximum Gasteiger partial charge on any atom is 0.303 e. The maximum absolute atomic E-state index is 12.5. The number of aliphatic hydroxyl groups is 1. The topological polar surface area (TPSA) is 118 Å². The van der Waals surface area contributed by atoms with E-state index in [0.717, 1.165) is 78.8 Å². The smallest absolute Gasteiger partial charge is 0.303 e. The number of nitrogens with zero attached hydrogens (tertiary/aromatic N) is 1. The van der Waals surface area contributed by atoms with Crippen LogP contribution in [0.2, 0.25) is 0 Å². The first-order valence-corrected chi connectivity index (χ1v) is 16.8. The Morgan fingerprint density at radius 2 is 1.68 bits per heavy atom. The molecule has 3 aromatic carbocycles. The molecule has 3 N–H and O–H groups in total. The summed E-state index contributed by atoms with van der Waals surface area (Å²) in [6.45, 7) is 3.00. The molecule has 2 aliphatic rings. The zero-order chi connectivity index (χ0) is 33.0. The van der Waals surface area contributed by atoms with Crippen LogP contribution in [0.25, 0.3) is 11.1 Å². The number of ether oxygens (including phenoxy) is 3. The van der Waals surface area contributed by atoms with Crippen LogP contribution in [0.15, 0.2) is 72.8 Å². The van der Waals surface area contributed by atoms with Gasteiger partial charge in [-0.1, -0.05) is 79.2 Å². The number of carbonyl (C=O) groups is 2. The molecule has 0 bridgehead atoms. The van der Waals surface area contributed by atoms with Crippen molar-refractivity contribution in [3.05, 3.63) is 95.1 Å². The van der Waals surface area contributed by atoms with Crippen LogP contribution in [0.4, 0.5) is 0 Å². The highest BCUT2D eigenvalue weighted by Gasteiger charge is 2.35. The molecule has 9 nitrogen and oxygen atoms in total. The quantitative estimate of drug-likeness (QED) is 0.159. The monoisotopic (exact) mass is 644 g/mol. The Bertz CT molecular complexity index is 1430. The van der Waals surface area contributed by atoms with Gasteiger partial charge < -0.3 is 29.7 Å². The molecule has 4 atom stereocenters. The molecule has 0 unspecified atom stereocenters. The molecule has 0 saturated carbocycles. The summed E-state index contributed by atoms with van der Waals surface area (Å²) in [5.41, 5.74) is 5.99. The normalized spacial score (nSPS) is 21.5. The van der Waals surface area contributed by atoms with E-state index in [-0.39, 0.29) is 31.1 Å². The van der Waals surface area contributed by atoms with Crippen molar-refractivity contribution in [2.45, 2.75) is 89.1 Å². The van der Waals surface area contributed by atoms with Crippen LogP contribution in [-0.4, -0.2) is 65.9 Å². The first kappa shape index (κ1) is 34.7. The van der Waals surface area contributed by atoms with Gasteiger partial charge in [-0.2, -0.15) is 0 Å².